The van der Waals surface area contributed by atoms with Crippen molar-refractivity contribution in [3.63, 3.8) is 0 Å². The number of aryl methyl sites for hydroxylation is 3. The van der Waals surface area contributed by atoms with Crippen LogP contribution in [0.3, 0.4) is 0 Å². The molecule has 0 saturated carbocycles. The quantitative estimate of drug-likeness (QED) is 0.148. The van der Waals surface area contributed by atoms with Gasteiger partial charge < -0.3 is 10.2 Å². The molecule has 0 spiro atoms. The van der Waals surface area contributed by atoms with Crippen molar-refractivity contribution in [3.05, 3.63) is 130 Å². The van der Waals surface area contributed by atoms with Gasteiger partial charge in [0.05, 0.1) is 10.6 Å². The van der Waals surface area contributed by atoms with Gasteiger partial charge in [-0.3, -0.25) is 13.9 Å². The minimum Gasteiger partial charge on any atom is -0.354 e. The fourth-order valence-electron chi connectivity index (χ4n) is 5.27. The van der Waals surface area contributed by atoms with Gasteiger partial charge in [0.25, 0.3) is 10.0 Å². The second kappa shape index (κ2) is 15.9. The monoisotopic (exact) mass is 659 g/mol. The zero-order valence-corrected chi connectivity index (χ0v) is 28.4. The summed E-state index contributed by atoms with van der Waals surface area (Å²) in [6.07, 6.45) is 1.96. The third kappa shape index (κ3) is 8.98. The lowest BCUT2D eigenvalue weighted by Gasteiger charge is -2.34. The van der Waals surface area contributed by atoms with Gasteiger partial charge in [-0.25, -0.2) is 8.42 Å². The number of benzene rings is 4. The van der Waals surface area contributed by atoms with Crippen LogP contribution in [0.4, 0.5) is 5.69 Å². The van der Waals surface area contributed by atoms with Crippen molar-refractivity contribution in [1.29, 1.82) is 0 Å². The van der Waals surface area contributed by atoms with Crippen molar-refractivity contribution in [2.24, 2.45) is 0 Å². The lowest BCUT2D eigenvalue weighted by atomic mass is 10.0. The van der Waals surface area contributed by atoms with Crippen LogP contribution in [0.2, 0.25) is 5.02 Å². The van der Waals surface area contributed by atoms with Gasteiger partial charge in [-0.05, 0) is 68.1 Å². The summed E-state index contributed by atoms with van der Waals surface area (Å²) in [6.45, 7) is 7.72. The summed E-state index contributed by atoms with van der Waals surface area (Å²) in [4.78, 5) is 30.1. The van der Waals surface area contributed by atoms with Crippen LogP contribution in [0.1, 0.15) is 47.6 Å². The van der Waals surface area contributed by atoms with Crippen LogP contribution < -0.4 is 9.62 Å². The number of hydrogen-bond acceptors (Lipinski definition) is 4. The first kappa shape index (κ1) is 34.7. The molecule has 0 heterocycles. The normalized spacial score (nSPS) is 11.9. The maximum Gasteiger partial charge on any atom is 0.264 e. The lowest BCUT2D eigenvalue weighted by molar-refractivity contribution is -0.140. The average Bonchev–Trinajstić information content (AvgIpc) is 3.03. The summed E-state index contributed by atoms with van der Waals surface area (Å²) in [5, 5.41) is 3.36. The highest BCUT2D eigenvalue weighted by Gasteiger charge is 2.35. The summed E-state index contributed by atoms with van der Waals surface area (Å²) in [5.41, 5.74) is 4.56. The Labute approximate surface area is 278 Å². The van der Waals surface area contributed by atoms with Gasteiger partial charge in [-0.15, -0.1) is 0 Å². The zero-order valence-electron chi connectivity index (χ0n) is 26.9. The third-order valence-corrected chi connectivity index (χ3v) is 9.87. The van der Waals surface area contributed by atoms with Gasteiger partial charge in [0, 0.05) is 24.5 Å². The Morgan fingerprint density at radius 3 is 2.20 bits per heavy atom. The largest absolute Gasteiger partial charge is 0.354 e. The molecule has 9 heteroatoms. The average molecular weight is 660 g/mol. The predicted molar refractivity (Wildman–Crippen MR) is 185 cm³/mol. The molecule has 0 aliphatic heterocycles. The molecular formula is C37H42ClN3O4S. The number of nitrogens with zero attached hydrogens (tertiary/aromatic N) is 2. The number of unbranched alkanes of at least 4 members (excludes halogenated alkanes) is 1. The zero-order chi connectivity index (χ0) is 33.3. The molecule has 0 aromatic heterocycles. The van der Waals surface area contributed by atoms with Crippen LogP contribution in [0.5, 0.6) is 0 Å². The van der Waals surface area contributed by atoms with Crippen LogP contribution in [-0.4, -0.2) is 44.3 Å². The Morgan fingerprint density at radius 2 is 1.52 bits per heavy atom. The molecule has 0 saturated heterocycles. The van der Waals surface area contributed by atoms with Crippen molar-refractivity contribution < 1.29 is 18.0 Å². The summed E-state index contributed by atoms with van der Waals surface area (Å²) in [6, 6.07) is 27.9. The number of amides is 2. The van der Waals surface area contributed by atoms with Crippen LogP contribution in [0.15, 0.2) is 102 Å². The number of carbonyl (C=O) groups excluding carboxylic acids is 2. The van der Waals surface area contributed by atoms with Crippen LogP contribution in [-0.2, 0) is 32.6 Å². The van der Waals surface area contributed by atoms with Crippen molar-refractivity contribution in [2.45, 2.75) is 64.4 Å². The molecular weight excluding hydrogens is 618 g/mol. The molecule has 0 bridgehead atoms. The van der Waals surface area contributed by atoms with Crippen molar-refractivity contribution in [3.8, 4) is 0 Å². The molecule has 2 amide bonds. The van der Waals surface area contributed by atoms with Crippen molar-refractivity contribution in [1.82, 2.24) is 10.2 Å². The van der Waals surface area contributed by atoms with E-state index in [2.05, 4.69) is 5.32 Å². The number of hydrogen-bond donors (Lipinski definition) is 1. The maximum absolute atomic E-state index is 14.6. The SMILES string of the molecule is CCCCNC(=O)[C@H](Cc1ccccc1)N(Cc1cccc(C)c1)C(=O)CN(c1cc(Cl)ccc1C)S(=O)(=O)c1ccc(C)cc1. The van der Waals surface area contributed by atoms with E-state index in [0.717, 1.165) is 39.4 Å². The predicted octanol–water partition coefficient (Wildman–Crippen LogP) is 7.02. The molecule has 0 fully saturated rings. The van der Waals surface area contributed by atoms with Gasteiger partial charge in [0.1, 0.15) is 12.6 Å². The van der Waals surface area contributed by atoms with Gasteiger partial charge in [-0.1, -0.05) is 109 Å². The standard InChI is InChI=1S/C37H42ClN3O4S/c1-5-6-21-39-37(43)35(23-30-12-8-7-9-13-30)40(25-31-14-10-11-28(3)22-31)36(42)26-41(34-24-32(38)18-17-29(34)4)46(44,45)33-19-15-27(2)16-20-33/h7-20,22,24,35H,5-6,21,23,25-26H2,1-4H3,(H,39,43)/t35-/m0/s1. The van der Waals surface area contributed by atoms with Crippen LogP contribution in [0, 0.1) is 20.8 Å². The highest BCUT2D eigenvalue weighted by Crippen LogP contribution is 2.30. The number of carbonyl (C=O) groups is 2. The lowest BCUT2D eigenvalue weighted by Crippen LogP contribution is -2.53. The topological polar surface area (TPSA) is 86.8 Å². The smallest absolute Gasteiger partial charge is 0.264 e. The van der Waals surface area contributed by atoms with E-state index in [9.17, 15) is 18.0 Å². The third-order valence-electron chi connectivity index (χ3n) is 7.86. The van der Waals surface area contributed by atoms with Gasteiger partial charge in [-0.2, -0.15) is 0 Å². The molecule has 1 N–H and O–H groups in total. The van der Waals surface area contributed by atoms with E-state index in [-0.39, 0.29) is 23.8 Å². The second-order valence-corrected chi connectivity index (χ2v) is 13.9. The minimum atomic E-state index is -4.21. The summed E-state index contributed by atoms with van der Waals surface area (Å²) < 4.78 is 29.7. The fraction of sp³-hybridized carbons (Fsp3) is 0.297. The Balaban J connectivity index is 1.82. The van der Waals surface area contributed by atoms with E-state index < -0.39 is 28.5 Å². The first-order valence-corrected chi connectivity index (χ1v) is 17.3. The highest BCUT2D eigenvalue weighted by molar-refractivity contribution is 7.92. The molecule has 242 valence electrons. The minimum absolute atomic E-state index is 0.0497. The Hall–Kier alpha value is -4.14. The van der Waals surface area contributed by atoms with Crippen molar-refractivity contribution >= 4 is 39.1 Å². The van der Waals surface area contributed by atoms with E-state index >= 15 is 0 Å². The Kier molecular flexibility index (Phi) is 12.0. The molecule has 4 aromatic rings. The van der Waals surface area contributed by atoms with Crippen LogP contribution in [0.25, 0.3) is 0 Å². The van der Waals surface area contributed by atoms with Crippen molar-refractivity contribution in [2.75, 3.05) is 17.4 Å². The first-order valence-electron chi connectivity index (χ1n) is 15.5. The molecule has 4 rings (SSSR count). The van der Waals surface area contributed by atoms with E-state index in [1.165, 1.54) is 17.0 Å². The van der Waals surface area contributed by atoms with Gasteiger partial charge >= 0.3 is 0 Å². The Bertz CT molecular complexity index is 1740. The van der Waals surface area contributed by atoms with Gasteiger partial charge in [0.15, 0.2) is 0 Å². The van der Waals surface area contributed by atoms with E-state index in [1.54, 1.807) is 37.3 Å². The summed E-state index contributed by atoms with van der Waals surface area (Å²) >= 11 is 6.37. The number of sulfonamides is 1. The van der Waals surface area contributed by atoms with Crippen LogP contribution >= 0.6 is 11.6 Å². The number of rotatable bonds is 14. The Morgan fingerprint density at radius 1 is 0.826 bits per heavy atom. The molecule has 0 unspecified atom stereocenters. The number of halogens is 1. The molecule has 4 aromatic carbocycles. The molecule has 46 heavy (non-hydrogen) atoms. The first-order chi connectivity index (χ1) is 22.0. The molecule has 0 aliphatic rings. The van der Waals surface area contributed by atoms with E-state index in [1.807, 2.05) is 75.4 Å². The van der Waals surface area contributed by atoms with E-state index in [0.29, 0.717) is 22.8 Å². The van der Waals surface area contributed by atoms with E-state index in [4.69, 9.17) is 11.6 Å². The highest BCUT2D eigenvalue weighted by atomic mass is 35.5. The number of anilines is 1. The molecule has 7 nitrogen and oxygen atoms in total. The maximum atomic E-state index is 14.6. The fourth-order valence-corrected chi connectivity index (χ4v) is 6.91. The summed E-state index contributed by atoms with van der Waals surface area (Å²) in [7, 11) is -4.21. The number of nitrogens with one attached hydrogen (secondary N) is 1. The molecule has 0 aliphatic carbocycles. The van der Waals surface area contributed by atoms with Gasteiger partial charge in [0.2, 0.25) is 11.8 Å². The molecule has 0 radical (unpaired) electrons. The molecule has 1 atom stereocenters. The second-order valence-electron chi connectivity index (χ2n) is 11.6. The summed E-state index contributed by atoms with van der Waals surface area (Å²) in [5.74, 6) is -0.798.